The lowest BCUT2D eigenvalue weighted by molar-refractivity contribution is 0.0699. The van der Waals surface area contributed by atoms with Gasteiger partial charge in [0.1, 0.15) is 0 Å². The fourth-order valence-electron chi connectivity index (χ4n) is 2.73. The molecule has 1 aliphatic rings. The van der Waals surface area contributed by atoms with Gasteiger partial charge >= 0.3 is 0 Å². The predicted molar refractivity (Wildman–Crippen MR) is 83.7 cm³/mol. The summed E-state index contributed by atoms with van der Waals surface area (Å²) in [6.07, 6.45) is 2.41. The van der Waals surface area contributed by atoms with Crippen LogP contribution in [0.25, 0.3) is 0 Å². The van der Waals surface area contributed by atoms with Crippen LogP contribution in [-0.4, -0.2) is 37.2 Å². The zero-order chi connectivity index (χ0) is 14.2. The number of nitrogens with one attached hydrogen (secondary N) is 1. The van der Waals surface area contributed by atoms with E-state index >= 15 is 0 Å². The van der Waals surface area contributed by atoms with Gasteiger partial charge in [0, 0.05) is 25.7 Å². The molecule has 1 aromatic carbocycles. The van der Waals surface area contributed by atoms with Crippen LogP contribution >= 0.6 is 0 Å². The Morgan fingerprint density at radius 2 is 1.95 bits per heavy atom. The Morgan fingerprint density at radius 1 is 1.20 bits per heavy atom. The van der Waals surface area contributed by atoms with E-state index in [0.717, 1.165) is 39.4 Å². The Balaban J connectivity index is 1.92. The molecule has 1 aromatic rings. The molecule has 0 bridgehead atoms. The number of ether oxygens (including phenoxy) is 1. The molecular formula is C17H28N2O. The van der Waals surface area contributed by atoms with E-state index < -0.39 is 0 Å². The van der Waals surface area contributed by atoms with Crippen molar-refractivity contribution in [1.82, 2.24) is 10.2 Å². The van der Waals surface area contributed by atoms with Gasteiger partial charge in [-0.05, 0) is 37.1 Å². The topological polar surface area (TPSA) is 24.5 Å². The number of hydrogen-bond acceptors (Lipinski definition) is 3. The summed E-state index contributed by atoms with van der Waals surface area (Å²) in [6.45, 7) is 10.4. The highest BCUT2D eigenvalue weighted by Gasteiger charge is 2.13. The van der Waals surface area contributed by atoms with Crippen molar-refractivity contribution < 1.29 is 4.74 Å². The van der Waals surface area contributed by atoms with Crippen molar-refractivity contribution in [1.29, 1.82) is 0 Å². The van der Waals surface area contributed by atoms with Crippen LogP contribution in [0.4, 0.5) is 0 Å². The van der Waals surface area contributed by atoms with Crippen LogP contribution < -0.4 is 5.32 Å². The third-order valence-corrected chi connectivity index (χ3v) is 4.15. The smallest absolute Gasteiger partial charge is 0.0619 e. The standard InChI is InChI=1S/C17H28N2O/c1-3-19(4-2)13-16-9-6-5-8-15(16)12-18-17-10-7-11-20-14-17/h5-6,8-9,17-18H,3-4,7,10-14H2,1-2H3. The molecule has 2 rings (SSSR count). The molecule has 0 spiro atoms. The summed E-state index contributed by atoms with van der Waals surface area (Å²) in [5, 5.41) is 3.64. The van der Waals surface area contributed by atoms with Crippen molar-refractivity contribution in [2.45, 2.75) is 45.8 Å². The zero-order valence-electron chi connectivity index (χ0n) is 12.9. The first-order valence-electron chi connectivity index (χ1n) is 7.93. The van der Waals surface area contributed by atoms with E-state index in [9.17, 15) is 0 Å². The van der Waals surface area contributed by atoms with E-state index in [2.05, 4.69) is 48.3 Å². The van der Waals surface area contributed by atoms with Gasteiger partial charge in [0.05, 0.1) is 6.61 Å². The first-order chi connectivity index (χ1) is 9.83. The summed E-state index contributed by atoms with van der Waals surface area (Å²) in [7, 11) is 0. The Kier molecular flexibility index (Phi) is 6.51. The average Bonchev–Trinajstić information content (AvgIpc) is 2.52. The lowest BCUT2D eigenvalue weighted by Crippen LogP contribution is -2.36. The van der Waals surface area contributed by atoms with Gasteiger partial charge in [-0.1, -0.05) is 38.1 Å². The van der Waals surface area contributed by atoms with Crippen molar-refractivity contribution in [2.75, 3.05) is 26.3 Å². The van der Waals surface area contributed by atoms with Gasteiger partial charge in [-0.3, -0.25) is 4.90 Å². The molecule has 3 heteroatoms. The third-order valence-electron chi connectivity index (χ3n) is 4.15. The van der Waals surface area contributed by atoms with Gasteiger partial charge < -0.3 is 10.1 Å². The Morgan fingerprint density at radius 3 is 2.60 bits per heavy atom. The van der Waals surface area contributed by atoms with Crippen LogP contribution in [0.1, 0.15) is 37.8 Å². The lowest BCUT2D eigenvalue weighted by atomic mass is 10.1. The van der Waals surface area contributed by atoms with Gasteiger partial charge in [0.15, 0.2) is 0 Å². The SMILES string of the molecule is CCN(CC)Cc1ccccc1CNC1CCCOC1. The molecule has 112 valence electrons. The molecule has 3 nitrogen and oxygen atoms in total. The van der Waals surface area contributed by atoms with Gasteiger partial charge in [0.2, 0.25) is 0 Å². The molecule has 0 aliphatic carbocycles. The van der Waals surface area contributed by atoms with Gasteiger partial charge in [-0.25, -0.2) is 0 Å². The maximum Gasteiger partial charge on any atom is 0.0619 e. The van der Waals surface area contributed by atoms with Crippen LogP contribution in [0.3, 0.4) is 0 Å². The Bertz CT molecular complexity index is 384. The predicted octanol–water partition coefficient (Wildman–Crippen LogP) is 2.80. The minimum Gasteiger partial charge on any atom is -0.380 e. The highest BCUT2D eigenvalue weighted by atomic mass is 16.5. The number of rotatable bonds is 7. The highest BCUT2D eigenvalue weighted by Crippen LogP contribution is 2.13. The molecule has 1 heterocycles. The number of nitrogens with zero attached hydrogens (tertiary/aromatic N) is 1. The fourth-order valence-corrected chi connectivity index (χ4v) is 2.73. The van der Waals surface area contributed by atoms with Crippen LogP contribution in [0.5, 0.6) is 0 Å². The molecule has 0 amide bonds. The highest BCUT2D eigenvalue weighted by molar-refractivity contribution is 5.27. The monoisotopic (exact) mass is 276 g/mol. The second-order valence-corrected chi connectivity index (χ2v) is 5.53. The summed E-state index contributed by atoms with van der Waals surface area (Å²) in [5.41, 5.74) is 2.87. The quantitative estimate of drug-likeness (QED) is 0.829. The van der Waals surface area contributed by atoms with Crippen molar-refractivity contribution in [3.8, 4) is 0 Å². The molecule has 20 heavy (non-hydrogen) atoms. The van der Waals surface area contributed by atoms with E-state index in [1.54, 1.807) is 0 Å². The molecule has 0 aromatic heterocycles. The molecule has 1 saturated heterocycles. The molecule has 0 radical (unpaired) electrons. The largest absolute Gasteiger partial charge is 0.380 e. The summed E-state index contributed by atoms with van der Waals surface area (Å²) in [4.78, 5) is 2.46. The summed E-state index contributed by atoms with van der Waals surface area (Å²) in [5.74, 6) is 0. The summed E-state index contributed by atoms with van der Waals surface area (Å²) < 4.78 is 5.53. The maximum atomic E-state index is 5.53. The van der Waals surface area contributed by atoms with Crippen LogP contribution in [-0.2, 0) is 17.8 Å². The van der Waals surface area contributed by atoms with E-state index in [1.807, 2.05) is 0 Å². The van der Waals surface area contributed by atoms with Crippen molar-refractivity contribution in [2.24, 2.45) is 0 Å². The maximum absolute atomic E-state index is 5.53. The van der Waals surface area contributed by atoms with E-state index in [0.29, 0.717) is 6.04 Å². The van der Waals surface area contributed by atoms with Crippen LogP contribution in [0.15, 0.2) is 24.3 Å². The van der Waals surface area contributed by atoms with Crippen molar-refractivity contribution in [3.05, 3.63) is 35.4 Å². The zero-order valence-corrected chi connectivity index (χ0v) is 12.9. The molecule has 1 N–H and O–H groups in total. The molecular weight excluding hydrogens is 248 g/mol. The molecule has 1 atom stereocenters. The number of hydrogen-bond donors (Lipinski definition) is 1. The van der Waals surface area contributed by atoms with Gasteiger partial charge in [-0.2, -0.15) is 0 Å². The molecule has 1 unspecified atom stereocenters. The first kappa shape index (κ1) is 15.5. The second kappa shape index (κ2) is 8.40. The first-order valence-corrected chi connectivity index (χ1v) is 7.93. The molecule has 0 saturated carbocycles. The molecule has 1 aliphatic heterocycles. The summed E-state index contributed by atoms with van der Waals surface area (Å²) >= 11 is 0. The Labute approximate surface area is 123 Å². The average molecular weight is 276 g/mol. The minimum atomic E-state index is 0.519. The van der Waals surface area contributed by atoms with Crippen molar-refractivity contribution in [3.63, 3.8) is 0 Å². The van der Waals surface area contributed by atoms with E-state index in [1.165, 1.54) is 24.0 Å². The molecule has 1 fully saturated rings. The normalized spacial score (nSPS) is 19.4. The van der Waals surface area contributed by atoms with E-state index in [4.69, 9.17) is 4.74 Å². The minimum absolute atomic E-state index is 0.519. The third kappa shape index (κ3) is 4.58. The second-order valence-electron chi connectivity index (χ2n) is 5.53. The van der Waals surface area contributed by atoms with Crippen molar-refractivity contribution >= 4 is 0 Å². The van der Waals surface area contributed by atoms with E-state index in [-0.39, 0.29) is 0 Å². The Hall–Kier alpha value is -0.900. The lowest BCUT2D eigenvalue weighted by Gasteiger charge is -2.24. The van der Waals surface area contributed by atoms with Gasteiger partial charge in [0.25, 0.3) is 0 Å². The summed E-state index contributed by atoms with van der Waals surface area (Å²) in [6, 6.07) is 9.30. The van der Waals surface area contributed by atoms with Crippen LogP contribution in [0.2, 0.25) is 0 Å². The number of benzene rings is 1. The van der Waals surface area contributed by atoms with Crippen LogP contribution in [0, 0.1) is 0 Å². The fraction of sp³-hybridized carbons (Fsp3) is 0.647. The van der Waals surface area contributed by atoms with Gasteiger partial charge in [-0.15, -0.1) is 0 Å².